The van der Waals surface area contributed by atoms with E-state index in [0.29, 0.717) is 16.1 Å². The number of sulfonamides is 1. The molecule has 1 heterocycles. The first kappa shape index (κ1) is 15.7. The molecule has 3 rings (SSSR count). The van der Waals surface area contributed by atoms with Gasteiger partial charge < -0.3 is 0 Å². The second-order valence-electron chi connectivity index (χ2n) is 4.81. The highest BCUT2D eigenvalue weighted by Crippen LogP contribution is 2.30. The summed E-state index contributed by atoms with van der Waals surface area (Å²) in [5.74, 6) is -0.745. The Morgan fingerprint density at radius 1 is 1.13 bits per heavy atom. The van der Waals surface area contributed by atoms with E-state index in [1.807, 2.05) is 0 Å². The maximum absolute atomic E-state index is 14.6. The van der Waals surface area contributed by atoms with Gasteiger partial charge in [-0.3, -0.25) is 0 Å². The van der Waals surface area contributed by atoms with Gasteiger partial charge in [-0.1, -0.05) is 23.7 Å². The quantitative estimate of drug-likeness (QED) is 0.788. The molecule has 3 aromatic rings. The van der Waals surface area contributed by atoms with Crippen LogP contribution >= 0.6 is 11.6 Å². The average molecular weight is 352 g/mol. The molecule has 118 valence electrons. The minimum atomic E-state index is -4.15. The normalized spacial score (nSPS) is 11.6. The molecule has 0 spiro atoms. The number of nitrogens with two attached hydrogens (primary N) is 1. The van der Waals surface area contributed by atoms with Crippen LogP contribution in [0.25, 0.3) is 16.8 Å². The van der Waals surface area contributed by atoms with Gasteiger partial charge >= 0.3 is 0 Å². The van der Waals surface area contributed by atoms with Gasteiger partial charge in [-0.05, 0) is 41.5 Å². The number of rotatable bonds is 3. The van der Waals surface area contributed by atoms with Crippen molar-refractivity contribution in [2.75, 3.05) is 0 Å². The van der Waals surface area contributed by atoms with Gasteiger partial charge in [-0.25, -0.2) is 22.6 Å². The molecule has 2 aromatic carbocycles. The predicted molar refractivity (Wildman–Crippen MR) is 85.3 cm³/mol. The molecule has 0 bridgehead atoms. The van der Waals surface area contributed by atoms with Gasteiger partial charge in [-0.15, -0.1) is 0 Å². The monoisotopic (exact) mass is 351 g/mol. The molecule has 8 heteroatoms. The predicted octanol–water partition coefficient (Wildman–Crippen LogP) is 2.98. The Kier molecular flexibility index (Phi) is 3.93. The summed E-state index contributed by atoms with van der Waals surface area (Å²) in [6.07, 6.45) is 2.86. The molecule has 0 aliphatic heterocycles. The van der Waals surface area contributed by atoms with Crippen molar-refractivity contribution in [2.45, 2.75) is 4.90 Å². The molecule has 0 fully saturated rings. The van der Waals surface area contributed by atoms with Crippen LogP contribution in [0.5, 0.6) is 0 Å². The minimum absolute atomic E-state index is 0.213. The summed E-state index contributed by atoms with van der Waals surface area (Å²) in [6.45, 7) is 0. The first-order valence-electron chi connectivity index (χ1n) is 6.48. The van der Waals surface area contributed by atoms with Gasteiger partial charge in [-0.2, -0.15) is 5.10 Å². The summed E-state index contributed by atoms with van der Waals surface area (Å²) in [4.78, 5) is -0.342. The number of primary sulfonamides is 1. The van der Waals surface area contributed by atoms with Crippen LogP contribution in [0.15, 0.2) is 59.8 Å². The second kappa shape index (κ2) is 5.77. The van der Waals surface area contributed by atoms with Gasteiger partial charge in [0.15, 0.2) is 5.82 Å². The fourth-order valence-corrected chi connectivity index (χ4v) is 3.10. The van der Waals surface area contributed by atoms with Crippen LogP contribution in [0.1, 0.15) is 0 Å². The van der Waals surface area contributed by atoms with Crippen molar-refractivity contribution in [2.24, 2.45) is 5.14 Å². The zero-order valence-corrected chi connectivity index (χ0v) is 13.2. The minimum Gasteiger partial charge on any atom is -0.237 e. The second-order valence-corrected chi connectivity index (χ2v) is 6.77. The highest BCUT2D eigenvalue weighted by molar-refractivity contribution is 7.89. The Morgan fingerprint density at radius 3 is 2.39 bits per heavy atom. The van der Waals surface area contributed by atoms with Crippen molar-refractivity contribution in [3.05, 3.63) is 65.7 Å². The Hall–Kier alpha value is -2.22. The summed E-state index contributed by atoms with van der Waals surface area (Å²) < 4.78 is 39.5. The number of benzene rings is 2. The molecule has 0 aliphatic carbocycles. The third-order valence-corrected chi connectivity index (χ3v) is 4.42. The lowest BCUT2D eigenvalue weighted by Gasteiger charge is -2.12. The standard InChI is InChI=1S/C15H11ClFN3O2S/c16-12-4-2-10(3-5-12)11-8-13(17)15(20-7-1-6-19-20)14(9-11)23(18,21)22/h1-9H,(H2,18,21,22). The molecule has 0 atom stereocenters. The summed E-state index contributed by atoms with van der Waals surface area (Å²) in [5, 5.41) is 9.64. The molecule has 23 heavy (non-hydrogen) atoms. The molecule has 0 radical (unpaired) electrons. The van der Waals surface area contributed by atoms with Gasteiger partial charge in [0.25, 0.3) is 0 Å². The van der Waals surface area contributed by atoms with Crippen molar-refractivity contribution >= 4 is 21.6 Å². The molecular formula is C15H11ClFN3O2S. The van der Waals surface area contributed by atoms with E-state index in [9.17, 15) is 12.8 Å². The maximum Gasteiger partial charge on any atom is 0.240 e. The van der Waals surface area contributed by atoms with E-state index in [1.54, 1.807) is 30.3 Å². The number of nitrogens with zero attached hydrogens (tertiary/aromatic N) is 2. The van der Waals surface area contributed by atoms with Gasteiger partial charge in [0.2, 0.25) is 10.0 Å². The Labute approximate surface area is 137 Å². The number of halogens is 2. The van der Waals surface area contributed by atoms with Gasteiger partial charge in [0.1, 0.15) is 10.6 Å². The molecule has 0 aliphatic rings. The first-order valence-corrected chi connectivity index (χ1v) is 8.41. The van der Waals surface area contributed by atoms with Crippen LogP contribution in [0.2, 0.25) is 5.02 Å². The Bertz CT molecular complexity index is 955. The zero-order valence-electron chi connectivity index (χ0n) is 11.6. The van der Waals surface area contributed by atoms with Crippen LogP contribution in [-0.4, -0.2) is 18.2 Å². The summed E-state index contributed by atoms with van der Waals surface area (Å²) in [6, 6.07) is 10.7. The molecule has 0 saturated carbocycles. The summed E-state index contributed by atoms with van der Waals surface area (Å²) in [7, 11) is -4.15. The zero-order chi connectivity index (χ0) is 16.6. The first-order chi connectivity index (χ1) is 10.9. The highest BCUT2D eigenvalue weighted by atomic mass is 35.5. The largest absolute Gasteiger partial charge is 0.240 e. The molecule has 2 N–H and O–H groups in total. The van der Waals surface area contributed by atoms with Gasteiger partial charge in [0.05, 0.1) is 0 Å². The molecular weight excluding hydrogens is 341 g/mol. The summed E-state index contributed by atoms with van der Waals surface area (Å²) >= 11 is 5.83. The molecule has 0 amide bonds. The molecule has 0 saturated heterocycles. The van der Waals surface area contributed by atoms with Crippen LogP contribution in [0.3, 0.4) is 0 Å². The Balaban J connectivity index is 2.27. The molecule has 5 nitrogen and oxygen atoms in total. The number of hydrogen-bond acceptors (Lipinski definition) is 3. The van der Waals surface area contributed by atoms with Gasteiger partial charge in [0, 0.05) is 17.4 Å². The van der Waals surface area contributed by atoms with E-state index >= 15 is 0 Å². The van der Waals surface area contributed by atoms with E-state index < -0.39 is 15.8 Å². The van der Waals surface area contributed by atoms with Crippen molar-refractivity contribution in [3.63, 3.8) is 0 Å². The number of hydrogen-bond donors (Lipinski definition) is 1. The third-order valence-electron chi connectivity index (χ3n) is 3.25. The van der Waals surface area contributed by atoms with Crippen LogP contribution in [-0.2, 0) is 10.0 Å². The lowest BCUT2D eigenvalue weighted by molar-refractivity contribution is 0.584. The summed E-state index contributed by atoms with van der Waals surface area (Å²) in [5.41, 5.74) is 0.777. The van der Waals surface area contributed by atoms with Crippen molar-refractivity contribution in [3.8, 4) is 16.8 Å². The van der Waals surface area contributed by atoms with Crippen LogP contribution in [0, 0.1) is 5.82 Å². The fourth-order valence-electron chi connectivity index (χ4n) is 2.22. The van der Waals surface area contributed by atoms with E-state index in [0.717, 1.165) is 4.68 Å². The average Bonchev–Trinajstić information content (AvgIpc) is 3.00. The highest BCUT2D eigenvalue weighted by Gasteiger charge is 2.21. The van der Waals surface area contributed by atoms with Crippen molar-refractivity contribution in [1.82, 2.24) is 9.78 Å². The van der Waals surface area contributed by atoms with Crippen molar-refractivity contribution in [1.29, 1.82) is 0 Å². The van der Waals surface area contributed by atoms with E-state index in [4.69, 9.17) is 16.7 Å². The van der Waals surface area contributed by atoms with Crippen LogP contribution in [0.4, 0.5) is 4.39 Å². The fraction of sp³-hybridized carbons (Fsp3) is 0. The maximum atomic E-state index is 14.6. The number of aromatic nitrogens is 2. The molecule has 1 aromatic heterocycles. The van der Waals surface area contributed by atoms with E-state index in [2.05, 4.69) is 5.10 Å². The molecule has 0 unspecified atom stereocenters. The van der Waals surface area contributed by atoms with Crippen LogP contribution < -0.4 is 5.14 Å². The SMILES string of the molecule is NS(=O)(=O)c1cc(-c2ccc(Cl)cc2)cc(F)c1-n1cccn1. The lowest BCUT2D eigenvalue weighted by Crippen LogP contribution is -2.17. The van der Waals surface area contributed by atoms with Crippen molar-refractivity contribution < 1.29 is 12.8 Å². The Morgan fingerprint density at radius 2 is 1.83 bits per heavy atom. The lowest BCUT2D eigenvalue weighted by atomic mass is 10.1. The smallest absolute Gasteiger partial charge is 0.237 e. The van der Waals surface area contributed by atoms with E-state index in [1.165, 1.54) is 24.5 Å². The van der Waals surface area contributed by atoms with E-state index in [-0.39, 0.29) is 10.6 Å². The third kappa shape index (κ3) is 3.12. The topological polar surface area (TPSA) is 78.0 Å².